The largest absolute Gasteiger partial charge is 0.383 e. The highest BCUT2D eigenvalue weighted by molar-refractivity contribution is 6.35. The molecule has 2 rings (SSSR count). The van der Waals surface area contributed by atoms with E-state index in [0.29, 0.717) is 15.9 Å². The van der Waals surface area contributed by atoms with Crippen LogP contribution in [0.5, 0.6) is 0 Å². The predicted octanol–water partition coefficient (Wildman–Crippen LogP) is 3.99. The van der Waals surface area contributed by atoms with E-state index < -0.39 is 0 Å². The number of hydrogen-bond acceptors (Lipinski definition) is 3. The van der Waals surface area contributed by atoms with E-state index in [1.54, 1.807) is 6.07 Å². The molecule has 2 N–H and O–H groups in total. The molecule has 1 heterocycles. The van der Waals surface area contributed by atoms with Gasteiger partial charge >= 0.3 is 0 Å². The van der Waals surface area contributed by atoms with Crippen LogP contribution in [0.25, 0.3) is 11.3 Å². The molecule has 0 fully saturated rings. The fraction of sp³-hybridized carbons (Fsp3) is 0.231. The van der Waals surface area contributed by atoms with Crippen LogP contribution in [0.3, 0.4) is 0 Å². The van der Waals surface area contributed by atoms with E-state index in [9.17, 15) is 0 Å². The standard InChI is InChI=1S/C13H13Cl2N3/c1-2-3-11-12(17-7-18-13(11)16)8-4-9(14)6-10(15)5-8/h4-7H,2-3H2,1H3,(H2,16,17,18). The number of aromatic nitrogens is 2. The van der Waals surface area contributed by atoms with Gasteiger partial charge in [-0.05, 0) is 24.6 Å². The van der Waals surface area contributed by atoms with Crippen molar-refractivity contribution in [2.45, 2.75) is 19.8 Å². The van der Waals surface area contributed by atoms with E-state index in [0.717, 1.165) is 29.7 Å². The Balaban J connectivity index is 2.59. The lowest BCUT2D eigenvalue weighted by molar-refractivity contribution is 0.908. The van der Waals surface area contributed by atoms with Gasteiger partial charge in [0.2, 0.25) is 0 Å². The first kappa shape index (κ1) is 13.1. The highest BCUT2D eigenvalue weighted by atomic mass is 35.5. The van der Waals surface area contributed by atoms with Gasteiger partial charge in [0.05, 0.1) is 5.69 Å². The second-order valence-corrected chi connectivity index (χ2v) is 4.87. The Kier molecular flexibility index (Phi) is 4.04. The first-order chi connectivity index (χ1) is 8.61. The molecule has 0 atom stereocenters. The summed E-state index contributed by atoms with van der Waals surface area (Å²) in [6.07, 6.45) is 3.25. The van der Waals surface area contributed by atoms with Crippen molar-refractivity contribution in [3.8, 4) is 11.3 Å². The lowest BCUT2D eigenvalue weighted by atomic mass is 10.0. The Morgan fingerprint density at radius 2 is 1.78 bits per heavy atom. The SMILES string of the molecule is CCCc1c(N)ncnc1-c1cc(Cl)cc(Cl)c1. The van der Waals surface area contributed by atoms with Crippen LogP contribution in [0, 0.1) is 0 Å². The van der Waals surface area contributed by atoms with Gasteiger partial charge in [0.15, 0.2) is 0 Å². The molecule has 94 valence electrons. The fourth-order valence-electron chi connectivity index (χ4n) is 1.86. The van der Waals surface area contributed by atoms with Gasteiger partial charge in [0.25, 0.3) is 0 Å². The smallest absolute Gasteiger partial charge is 0.130 e. The average Bonchev–Trinajstić information content (AvgIpc) is 2.30. The number of benzene rings is 1. The highest BCUT2D eigenvalue weighted by Gasteiger charge is 2.11. The molecule has 0 radical (unpaired) electrons. The molecule has 18 heavy (non-hydrogen) atoms. The zero-order valence-corrected chi connectivity index (χ0v) is 11.5. The summed E-state index contributed by atoms with van der Waals surface area (Å²) < 4.78 is 0. The van der Waals surface area contributed by atoms with Gasteiger partial charge in [-0.3, -0.25) is 0 Å². The van der Waals surface area contributed by atoms with Crippen LogP contribution in [0.15, 0.2) is 24.5 Å². The van der Waals surface area contributed by atoms with Crippen molar-refractivity contribution < 1.29 is 0 Å². The minimum atomic E-state index is 0.512. The van der Waals surface area contributed by atoms with Gasteiger partial charge in [-0.1, -0.05) is 36.5 Å². The second-order valence-electron chi connectivity index (χ2n) is 3.99. The molecule has 0 unspecified atom stereocenters. The molecular formula is C13H13Cl2N3. The third-order valence-corrected chi connectivity index (χ3v) is 3.05. The van der Waals surface area contributed by atoms with Crippen molar-refractivity contribution in [1.82, 2.24) is 9.97 Å². The molecular weight excluding hydrogens is 269 g/mol. The Labute approximate surface area is 116 Å². The zero-order chi connectivity index (χ0) is 13.1. The molecule has 1 aromatic heterocycles. The van der Waals surface area contributed by atoms with Gasteiger partial charge in [-0.25, -0.2) is 9.97 Å². The van der Waals surface area contributed by atoms with Crippen LogP contribution >= 0.6 is 23.2 Å². The molecule has 0 bridgehead atoms. The highest BCUT2D eigenvalue weighted by Crippen LogP contribution is 2.30. The molecule has 2 aromatic rings. The van der Waals surface area contributed by atoms with Crippen LogP contribution in [0.1, 0.15) is 18.9 Å². The maximum absolute atomic E-state index is 6.01. The second kappa shape index (κ2) is 5.55. The molecule has 0 amide bonds. The number of halogens is 2. The quantitative estimate of drug-likeness (QED) is 0.926. The molecule has 5 heteroatoms. The third kappa shape index (κ3) is 2.74. The Morgan fingerprint density at radius 3 is 2.39 bits per heavy atom. The lowest BCUT2D eigenvalue weighted by Gasteiger charge is -2.10. The van der Waals surface area contributed by atoms with Crippen LogP contribution in [0.2, 0.25) is 10.0 Å². The van der Waals surface area contributed by atoms with Crippen molar-refractivity contribution in [2.24, 2.45) is 0 Å². The summed E-state index contributed by atoms with van der Waals surface area (Å²) in [6, 6.07) is 5.35. The number of hydrogen-bond donors (Lipinski definition) is 1. The van der Waals surface area contributed by atoms with E-state index in [-0.39, 0.29) is 0 Å². The van der Waals surface area contributed by atoms with Crippen LogP contribution in [-0.2, 0) is 6.42 Å². The maximum atomic E-state index is 6.01. The Hall–Kier alpha value is -1.32. The van der Waals surface area contributed by atoms with E-state index in [4.69, 9.17) is 28.9 Å². The number of nitrogen functional groups attached to an aromatic ring is 1. The minimum Gasteiger partial charge on any atom is -0.383 e. The summed E-state index contributed by atoms with van der Waals surface area (Å²) in [5.74, 6) is 0.512. The summed E-state index contributed by atoms with van der Waals surface area (Å²) in [5.41, 5.74) is 8.51. The monoisotopic (exact) mass is 281 g/mol. The summed E-state index contributed by atoms with van der Waals surface area (Å²) in [4.78, 5) is 8.33. The molecule has 0 aliphatic heterocycles. The van der Waals surface area contributed by atoms with Gasteiger partial charge in [-0.15, -0.1) is 0 Å². The molecule has 1 aromatic carbocycles. The Morgan fingerprint density at radius 1 is 1.11 bits per heavy atom. The minimum absolute atomic E-state index is 0.512. The van der Waals surface area contributed by atoms with Gasteiger partial charge < -0.3 is 5.73 Å². The van der Waals surface area contributed by atoms with E-state index in [2.05, 4.69) is 16.9 Å². The number of nitrogens with zero attached hydrogens (tertiary/aromatic N) is 2. The maximum Gasteiger partial charge on any atom is 0.130 e. The van der Waals surface area contributed by atoms with Gasteiger partial charge in [0, 0.05) is 21.2 Å². The first-order valence-electron chi connectivity index (χ1n) is 5.67. The van der Waals surface area contributed by atoms with E-state index >= 15 is 0 Å². The summed E-state index contributed by atoms with van der Waals surface area (Å²) >= 11 is 12.0. The summed E-state index contributed by atoms with van der Waals surface area (Å²) in [5, 5.41) is 1.16. The predicted molar refractivity (Wildman–Crippen MR) is 75.9 cm³/mol. The van der Waals surface area contributed by atoms with Crippen LogP contribution < -0.4 is 5.73 Å². The summed E-state index contributed by atoms with van der Waals surface area (Å²) in [7, 11) is 0. The molecule has 3 nitrogen and oxygen atoms in total. The van der Waals surface area contributed by atoms with Gasteiger partial charge in [-0.2, -0.15) is 0 Å². The first-order valence-corrected chi connectivity index (χ1v) is 6.43. The Bertz CT molecular complexity index is 550. The van der Waals surface area contributed by atoms with Crippen molar-refractivity contribution in [1.29, 1.82) is 0 Å². The molecule has 0 saturated carbocycles. The number of nitrogens with two attached hydrogens (primary N) is 1. The van der Waals surface area contributed by atoms with Crippen molar-refractivity contribution >= 4 is 29.0 Å². The molecule has 0 spiro atoms. The van der Waals surface area contributed by atoms with E-state index in [1.165, 1.54) is 6.33 Å². The molecule has 0 aliphatic rings. The van der Waals surface area contributed by atoms with Crippen molar-refractivity contribution in [2.75, 3.05) is 5.73 Å². The lowest BCUT2D eigenvalue weighted by Crippen LogP contribution is -2.02. The van der Waals surface area contributed by atoms with Crippen molar-refractivity contribution in [3.63, 3.8) is 0 Å². The van der Waals surface area contributed by atoms with Crippen LogP contribution in [0.4, 0.5) is 5.82 Å². The third-order valence-electron chi connectivity index (χ3n) is 2.61. The molecule has 0 aliphatic carbocycles. The normalized spacial score (nSPS) is 10.6. The number of anilines is 1. The van der Waals surface area contributed by atoms with Crippen LogP contribution in [-0.4, -0.2) is 9.97 Å². The fourth-order valence-corrected chi connectivity index (χ4v) is 2.39. The zero-order valence-electron chi connectivity index (χ0n) is 9.95. The number of rotatable bonds is 3. The van der Waals surface area contributed by atoms with Gasteiger partial charge in [0.1, 0.15) is 12.1 Å². The average molecular weight is 282 g/mol. The topological polar surface area (TPSA) is 51.8 Å². The van der Waals surface area contributed by atoms with E-state index in [1.807, 2.05) is 12.1 Å². The molecule has 0 saturated heterocycles. The van der Waals surface area contributed by atoms with Crippen molar-refractivity contribution in [3.05, 3.63) is 40.1 Å². The summed E-state index contributed by atoms with van der Waals surface area (Å²) in [6.45, 7) is 2.08.